The van der Waals surface area contributed by atoms with E-state index in [-0.39, 0.29) is 10.8 Å². The van der Waals surface area contributed by atoms with Gasteiger partial charge in [-0.15, -0.1) is 0 Å². The number of hydrogen-bond donors (Lipinski definition) is 1. The number of ketones is 1. The van der Waals surface area contributed by atoms with E-state index in [9.17, 15) is 4.79 Å². The number of carbonyl (C=O) groups is 1. The van der Waals surface area contributed by atoms with Gasteiger partial charge in [-0.2, -0.15) is 12.6 Å². The molecule has 0 aromatic rings. The molecule has 128 valence electrons. The van der Waals surface area contributed by atoms with E-state index in [4.69, 9.17) is 0 Å². The third kappa shape index (κ3) is 9.60. The lowest BCUT2D eigenvalue weighted by Crippen LogP contribution is -2.34. The zero-order chi connectivity index (χ0) is 17.3. The van der Waals surface area contributed by atoms with Crippen LogP contribution in [0.2, 0.25) is 0 Å². The van der Waals surface area contributed by atoms with Crippen LogP contribution in [-0.2, 0) is 4.79 Å². The molecule has 0 saturated carbocycles. The molecule has 0 N–H and O–H groups in total. The molecule has 0 heterocycles. The molecular formula is C19H40OS. The van der Waals surface area contributed by atoms with Gasteiger partial charge in [0.05, 0.1) is 0 Å². The minimum absolute atomic E-state index is 0.187. The van der Waals surface area contributed by atoms with Gasteiger partial charge in [0.15, 0.2) is 0 Å². The largest absolute Gasteiger partial charge is 0.299 e. The van der Waals surface area contributed by atoms with E-state index in [1.165, 1.54) is 25.7 Å². The van der Waals surface area contributed by atoms with Gasteiger partial charge in [0.25, 0.3) is 0 Å². The Kier molecular flexibility index (Phi) is 11.9. The molecule has 0 aliphatic rings. The average Bonchev–Trinajstić information content (AvgIpc) is 2.35. The van der Waals surface area contributed by atoms with E-state index in [0.29, 0.717) is 5.78 Å². The summed E-state index contributed by atoms with van der Waals surface area (Å²) in [5.74, 6) is 1.83. The van der Waals surface area contributed by atoms with E-state index in [0.717, 1.165) is 18.3 Å². The van der Waals surface area contributed by atoms with Crippen molar-refractivity contribution in [1.29, 1.82) is 0 Å². The van der Waals surface area contributed by atoms with Gasteiger partial charge in [-0.05, 0) is 43.3 Å². The molecule has 0 aliphatic carbocycles. The van der Waals surface area contributed by atoms with Crippen molar-refractivity contribution in [3.05, 3.63) is 0 Å². The Hall–Kier alpha value is 0.0200. The van der Waals surface area contributed by atoms with Crippen LogP contribution in [-0.4, -0.2) is 12.0 Å². The summed E-state index contributed by atoms with van der Waals surface area (Å²) < 4.78 is 0. The van der Waals surface area contributed by atoms with Crippen molar-refractivity contribution in [3.8, 4) is 0 Å². The van der Waals surface area contributed by atoms with Gasteiger partial charge in [-0.1, -0.05) is 67.7 Å². The zero-order valence-corrected chi connectivity index (χ0v) is 16.9. The van der Waals surface area contributed by atoms with E-state index < -0.39 is 0 Å². The summed E-state index contributed by atoms with van der Waals surface area (Å²) in [5, 5.41) is 0. The first-order chi connectivity index (χ1) is 9.53. The molecule has 0 amide bonds. The maximum absolute atomic E-state index is 11.8. The van der Waals surface area contributed by atoms with E-state index in [1.54, 1.807) is 13.2 Å². The number of hydrogen-bond acceptors (Lipinski definition) is 2. The summed E-state index contributed by atoms with van der Waals surface area (Å²) in [6.07, 6.45) is 7.82. The minimum atomic E-state index is -0.187. The summed E-state index contributed by atoms with van der Waals surface area (Å²) >= 11 is 3.53. The van der Waals surface area contributed by atoms with Crippen molar-refractivity contribution >= 4 is 18.4 Å². The molecule has 0 bridgehead atoms. The highest BCUT2D eigenvalue weighted by Crippen LogP contribution is 2.43. The fourth-order valence-electron chi connectivity index (χ4n) is 3.22. The Morgan fingerprint density at radius 2 is 1.48 bits per heavy atom. The molecule has 0 aromatic carbocycles. The summed E-state index contributed by atoms with van der Waals surface area (Å²) in [4.78, 5) is 11.8. The Bertz CT molecular complexity index is 279. The quantitative estimate of drug-likeness (QED) is 0.486. The van der Waals surface area contributed by atoms with Crippen molar-refractivity contribution < 1.29 is 4.79 Å². The van der Waals surface area contributed by atoms with Crippen LogP contribution in [0.3, 0.4) is 0 Å². The van der Waals surface area contributed by atoms with Crippen LogP contribution < -0.4 is 0 Å². The highest BCUT2D eigenvalue weighted by atomic mass is 32.1. The third-order valence-corrected chi connectivity index (χ3v) is 4.69. The molecule has 0 aromatic heterocycles. The van der Waals surface area contributed by atoms with Gasteiger partial charge in [0, 0.05) is 5.41 Å². The Morgan fingerprint density at radius 3 is 1.81 bits per heavy atom. The maximum Gasteiger partial charge on any atom is 0.135 e. The molecule has 0 fully saturated rings. The third-order valence-electron chi connectivity index (χ3n) is 4.69. The summed E-state index contributed by atoms with van der Waals surface area (Å²) in [5.41, 5.74) is 0.0629. The van der Waals surface area contributed by atoms with Crippen molar-refractivity contribution in [3.63, 3.8) is 0 Å². The first-order valence-electron chi connectivity index (χ1n) is 8.48. The zero-order valence-electron chi connectivity index (χ0n) is 16.0. The smallest absolute Gasteiger partial charge is 0.135 e. The number of Topliss-reactive ketones (excluding diaryl/α,β-unsaturated/α-hetero) is 1. The molecule has 21 heavy (non-hydrogen) atoms. The Labute approximate surface area is 140 Å². The lowest BCUT2D eigenvalue weighted by molar-refractivity contribution is -0.127. The number of thiol groups is 1. The van der Waals surface area contributed by atoms with Crippen molar-refractivity contribution in [2.75, 3.05) is 6.26 Å². The molecule has 1 unspecified atom stereocenters. The van der Waals surface area contributed by atoms with Gasteiger partial charge in [0.1, 0.15) is 5.78 Å². The molecule has 0 aliphatic heterocycles. The Morgan fingerprint density at radius 1 is 1.00 bits per heavy atom. The van der Waals surface area contributed by atoms with Crippen LogP contribution >= 0.6 is 12.6 Å². The molecular weight excluding hydrogens is 276 g/mol. The second-order valence-corrected chi connectivity index (χ2v) is 8.06. The SMILES string of the molecule is CCCC(CCC(C)C)C(C)(C)CC(C)(C)C(C)=O.CS. The van der Waals surface area contributed by atoms with Crippen molar-refractivity contribution in [1.82, 2.24) is 0 Å². The lowest BCUT2D eigenvalue weighted by Gasteiger charge is -2.40. The molecule has 0 spiro atoms. The standard InChI is InChI=1S/C18H36O.CH4S/c1-9-10-16(12-11-14(2)3)18(7,8)13-17(5,6)15(4)19;1-2/h14,16H,9-13H2,1-8H3;2H,1H3. The van der Waals surface area contributed by atoms with Gasteiger partial charge in [-0.3, -0.25) is 4.79 Å². The second-order valence-electron chi connectivity index (χ2n) is 8.06. The Balaban J connectivity index is 0. The van der Waals surface area contributed by atoms with Gasteiger partial charge in [0.2, 0.25) is 0 Å². The average molecular weight is 317 g/mol. The van der Waals surface area contributed by atoms with Crippen LogP contribution in [0, 0.1) is 22.7 Å². The van der Waals surface area contributed by atoms with Crippen molar-refractivity contribution in [2.24, 2.45) is 22.7 Å². The van der Waals surface area contributed by atoms with E-state index in [2.05, 4.69) is 61.1 Å². The highest BCUT2D eigenvalue weighted by Gasteiger charge is 2.36. The molecule has 1 nitrogen and oxygen atoms in total. The molecule has 2 heteroatoms. The maximum atomic E-state index is 11.8. The predicted octanol–water partition coefficient (Wildman–Crippen LogP) is 6.42. The van der Waals surface area contributed by atoms with Crippen LogP contribution in [0.4, 0.5) is 0 Å². The van der Waals surface area contributed by atoms with Gasteiger partial charge >= 0.3 is 0 Å². The predicted molar refractivity (Wildman–Crippen MR) is 100 cm³/mol. The van der Waals surface area contributed by atoms with Crippen LogP contribution in [0.1, 0.15) is 87.5 Å². The van der Waals surface area contributed by atoms with Crippen molar-refractivity contribution in [2.45, 2.75) is 87.5 Å². The van der Waals surface area contributed by atoms with Gasteiger partial charge < -0.3 is 0 Å². The second kappa shape index (κ2) is 10.7. The fraction of sp³-hybridized carbons (Fsp3) is 0.947. The molecule has 1 atom stereocenters. The van der Waals surface area contributed by atoms with E-state index >= 15 is 0 Å². The highest BCUT2D eigenvalue weighted by molar-refractivity contribution is 7.79. The molecule has 0 saturated heterocycles. The van der Waals surface area contributed by atoms with Crippen LogP contribution in [0.5, 0.6) is 0 Å². The molecule has 0 rings (SSSR count). The molecule has 0 radical (unpaired) electrons. The lowest BCUT2D eigenvalue weighted by atomic mass is 9.64. The van der Waals surface area contributed by atoms with Crippen LogP contribution in [0.15, 0.2) is 0 Å². The normalized spacial score (nSPS) is 13.7. The first kappa shape index (κ1) is 23.3. The topological polar surface area (TPSA) is 17.1 Å². The fourth-order valence-corrected chi connectivity index (χ4v) is 3.22. The summed E-state index contributed by atoms with van der Waals surface area (Å²) in [7, 11) is 0. The summed E-state index contributed by atoms with van der Waals surface area (Å²) in [6, 6.07) is 0. The van der Waals surface area contributed by atoms with Gasteiger partial charge in [-0.25, -0.2) is 0 Å². The van der Waals surface area contributed by atoms with Crippen LogP contribution in [0.25, 0.3) is 0 Å². The summed E-state index contributed by atoms with van der Waals surface area (Å²) in [6.45, 7) is 17.5. The van der Waals surface area contributed by atoms with E-state index in [1.807, 2.05) is 0 Å². The monoisotopic (exact) mass is 316 g/mol. The minimum Gasteiger partial charge on any atom is -0.299 e. The number of carbonyl (C=O) groups excluding carboxylic acids is 1. The first-order valence-corrected chi connectivity index (χ1v) is 9.38. The number of rotatable bonds is 9.